The number of aromatic nitrogens is 2. The molecule has 0 radical (unpaired) electrons. The van der Waals surface area contributed by atoms with E-state index < -0.39 is 6.04 Å². The third-order valence-corrected chi connectivity index (χ3v) is 5.82. The van der Waals surface area contributed by atoms with Gasteiger partial charge >= 0.3 is 0 Å². The predicted molar refractivity (Wildman–Crippen MR) is 97.3 cm³/mol. The maximum atomic E-state index is 14.6. The number of aromatic hydroxyl groups is 1. The highest BCUT2D eigenvalue weighted by Gasteiger charge is 2.31. The number of likely N-dealkylation sites (tertiary alicyclic amines) is 1. The summed E-state index contributed by atoms with van der Waals surface area (Å²) >= 11 is 1.48. The van der Waals surface area contributed by atoms with E-state index in [1.807, 2.05) is 12.1 Å². The monoisotopic (exact) mass is 357 g/mol. The molecule has 130 valence electrons. The van der Waals surface area contributed by atoms with Crippen LogP contribution < -0.4 is 0 Å². The van der Waals surface area contributed by atoms with Gasteiger partial charge in [0.25, 0.3) is 0 Å². The number of phenolic OH excluding ortho intramolecular Hbond substituents is 1. The fourth-order valence-corrected chi connectivity index (χ4v) is 4.24. The van der Waals surface area contributed by atoms with Crippen molar-refractivity contribution < 1.29 is 9.50 Å². The Morgan fingerprint density at radius 3 is 2.80 bits per heavy atom. The van der Waals surface area contributed by atoms with Crippen molar-refractivity contribution in [2.24, 2.45) is 5.92 Å². The third-order valence-electron chi connectivity index (χ3n) is 5.03. The van der Waals surface area contributed by atoms with Crippen molar-refractivity contribution in [1.29, 1.82) is 0 Å². The van der Waals surface area contributed by atoms with Gasteiger partial charge in [-0.2, -0.15) is 0 Å². The number of benzene rings is 1. The van der Waals surface area contributed by atoms with E-state index in [4.69, 9.17) is 0 Å². The van der Waals surface area contributed by atoms with Crippen molar-refractivity contribution in [2.75, 3.05) is 13.1 Å². The summed E-state index contributed by atoms with van der Waals surface area (Å²) in [7, 11) is 0. The van der Waals surface area contributed by atoms with Crippen LogP contribution in [0.4, 0.5) is 4.39 Å². The summed E-state index contributed by atoms with van der Waals surface area (Å²) in [6.07, 6.45) is 3.73. The maximum Gasteiger partial charge on any atom is 0.147 e. The van der Waals surface area contributed by atoms with Gasteiger partial charge in [-0.25, -0.2) is 9.37 Å². The molecule has 1 saturated heterocycles. The van der Waals surface area contributed by atoms with Gasteiger partial charge in [-0.15, -0.1) is 11.3 Å². The molecule has 3 aromatic rings. The van der Waals surface area contributed by atoms with Crippen LogP contribution in [0.25, 0.3) is 10.2 Å². The van der Waals surface area contributed by atoms with Crippen LogP contribution in [0.15, 0.2) is 36.0 Å². The third kappa shape index (κ3) is 3.00. The average molecular weight is 357 g/mol. The van der Waals surface area contributed by atoms with Gasteiger partial charge in [-0.3, -0.25) is 9.88 Å². The van der Waals surface area contributed by atoms with Gasteiger partial charge in [0, 0.05) is 11.8 Å². The summed E-state index contributed by atoms with van der Waals surface area (Å²) in [4.78, 5) is 10.8. The van der Waals surface area contributed by atoms with E-state index in [9.17, 15) is 9.50 Å². The number of nitrogens with zero attached hydrogens (tertiary/aromatic N) is 3. The number of piperidine rings is 1. The molecule has 0 bridgehead atoms. The molecule has 0 saturated carbocycles. The van der Waals surface area contributed by atoms with Crippen LogP contribution in [0.1, 0.15) is 37.1 Å². The standard InChI is InChI=1S/C19H20FN3OS/c1-12-6-9-23(10-7-12)18(16-14(20)3-2-8-21-16)13-4-5-15-17(19(13)24)22-11-25-15/h2-5,8,11-12,18,24H,6-7,9-10H2,1H3. The van der Waals surface area contributed by atoms with E-state index in [0.717, 1.165) is 30.6 Å². The fourth-order valence-electron chi connectivity index (χ4n) is 3.56. The topological polar surface area (TPSA) is 49.2 Å². The van der Waals surface area contributed by atoms with Gasteiger partial charge < -0.3 is 5.11 Å². The summed E-state index contributed by atoms with van der Waals surface area (Å²) in [5.41, 5.74) is 3.33. The van der Waals surface area contributed by atoms with Crippen molar-refractivity contribution in [2.45, 2.75) is 25.8 Å². The molecule has 2 aromatic heterocycles. The SMILES string of the molecule is CC1CCN(C(c2ccc3scnc3c2O)c2ncccc2F)CC1. The molecular weight excluding hydrogens is 337 g/mol. The number of pyridine rings is 1. The second-order valence-electron chi connectivity index (χ2n) is 6.69. The van der Waals surface area contributed by atoms with Crippen molar-refractivity contribution in [3.8, 4) is 5.75 Å². The number of halogens is 1. The average Bonchev–Trinajstić information content (AvgIpc) is 3.10. The molecule has 1 N–H and O–H groups in total. The number of phenols is 1. The lowest BCUT2D eigenvalue weighted by Crippen LogP contribution is -2.37. The first-order valence-electron chi connectivity index (χ1n) is 8.54. The molecule has 4 rings (SSSR count). The van der Waals surface area contributed by atoms with Gasteiger partial charge in [0.1, 0.15) is 17.1 Å². The summed E-state index contributed by atoms with van der Waals surface area (Å²) in [5.74, 6) is 0.455. The first-order valence-corrected chi connectivity index (χ1v) is 9.42. The molecule has 1 aliphatic heterocycles. The van der Waals surface area contributed by atoms with E-state index in [2.05, 4.69) is 21.8 Å². The van der Waals surface area contributed by atoms with Crippen molar-refractivity contribution in [1.82, 2.24) is 14.9 Å². The van der Waals surface area contributed by atoms with Crippen molar-refractivity contribution in [3.05, 3.63) is 53.0 Å². The van der Waals surface area contributed by atoms with Gasteiger partial charge in [0.15, 0.2) is 0 Å². The zero-order valence-electron chi connectivity index (χ0n) is 14.0. The second-order valence-corrected chi connectivity index (χ2v) is 7.58. The molecule has 3 heterocycles. The lowest BCUT2D eigenvalue weighted by molar-refractivity contribution is 0.151. The van der Waals surface area contributed by atoms with E-state index in [1.54, 1.807) is 17.8 Å². The molecule has 1 aromatic carbocycles. The highest BCUT2D eigenvalue weighted by Crippen LogP contribution is 2.40. The Morgan fingerprint density at radius 1 is 1.24 bits per heavy atom. The molecule has 0 amide bonds. The van der Waals surface area contributed by atoms with Crippen molar-refractivity contribution in [3.63, 3.8) is 0 Å². The zero-order valence-corrected chi connectivity index (χ0v) is 14.8. The van der Waals surface area contributed by atoms with E-state index in [0.29, 0.717) is 22.7 Å². The Kier molecular flexibility index (Phi) is 4.39. The van der Waals surface area contributed by atoms with E-state index in [-0.39, 0.29) is 11.6 Å². The summed E-state index contributed by atoms with van der Waals surface area (Å²) < 4.78 is 15.5. The summed E-state index contributed by atoms with van der Waals surface area (Å²) in [6.45, 7) is 3.96. The van der Waals surface area contributed by atoms with Crippen LogP contribution in [0.2, 0.25) is 0 Å². The van der Waals surface area contributed by atoms with Gasteiger partial charge in [-0.05, 0) is 50.0 Å². The molecule has 1 unspecified atom stereocenters. The molecule has 0 aliphatic carbocycles. The Bertz CT molecular complexity index is 889. The summed E-state index contributed by atoms with van der Waals surface area (Å²) in [6, 6.07) is 6.45. The highest BCUT2D eigenvalue weighted by atomic mass is 32.1. The molecular formula is C19H20FN3OS. The second kappa shape index (κ2) is 6.69. The van der Waals surface area contributed by atoms with Crippen LogP contribution in [-0.2, 0) is 0 Å². The quantitative estimate of drug-likeness (QED) is 0.757. The molecule has 6 heteroatoms. The Labute approximate surface area is 150 Å². The van der Waals surface area contributed by atoms with Crippen LogP contribution >= 0.6 is 11.3 Å². The Balaban J connectivity index is 1.84. The number of hydrogen-bond acceptors (Lipinski definition) is 5. The normalized spacial score (nSPS) is 17.8. The minimum atomic E-state index is -0.403. The van der Waals surface area contributed by atoms with Gasteiger partial charge in [-0.1, -0.05) is 13.0 Å². The minimum Gasteiger partial charge on any atom is -0.505 e. The van der Waals surface area contributed by atoms with Crippen molar-refractivity contribution >= 4 is 21.6 Å². The minimum absolute atomic E-state index is 0.132. The molecule has 25 heavy (non-hydrogen) atoms. The largest absolute Gasteiger partial charge is 0.505 e. The number of thiazole rings is 1. The first kappa shape index (κ1) is 16.4. The molecule has 1 atom stereocenters. The van der Waals surface area contributed by atoms with E-state index >= 15 is 0 Å². The van der Waals surface area contributed by atoms with E-state index in [1.165, 1.54) is 17.4 Å². The highest BCUT2D eigenvalue weighted by molar-refractivity contribution is 7.16. The van der Waals surface area contributed by atoms with Crippen LogP contribution in [-0.4, -0.2) is 33.1 Å². The maximum absolute atomic E-state index is 14.6. The molecule has 4 nitrogen and oxygen atoms in total. The molecule has 1 fully saturated rings. The lowest BCUT2D eigenvalue weighted by Gasteiger charge is -2.37. The predicted octanol–water partition coefficient (Wildman–Crippen LogP) is 4.36. The lowest BCUT2D eigenvalue weighted by atomic mass is 9.93. The molecule has 1 aliphatic rings. The molecule has 0 spiro atoms. The van der Waals surface area contributed by atoms with Crippen LogP contribution in [0.5, 0.6) is 5.75 Å². The Morgan fingerprint density at radius 2 is 2.04 bits per heavy atom. The smallest absolute Gasteiger partial charge is 0.147 e. The zero-order chi connectivity index (χ0) is 17.4. The number of fused-ring (bicyclic) bond motifs is 1. The summed E-state index contributed by atoms with van der Waals surface area (Å²) in [5, 5.41) is 10.8. The van der Waals surface area contributed by atoms with Gasteiger partial charge in [0.05, 0.1) is 21.9 Å². The van der Waals surface area contributed by atoms with Crippen LogP contribution in [0, 0.1) is 11.7 Å². The van der Waals surface area contributed by atoms with Crippen LogP contribution in [0.3, 0.4) is 0 Å². The van der Waals surface area contributed by atoms with Gasteiger partial charge in [0.2, 0.25) is 0 Å². The first-order chi connectivity index (χ1) is 12.1. The number of hydrogen-bond donors (Lipinski definition) is 1. The Hall–Kier alpha value is -2.05. The number of rotatable bonds is 3. The fraction of sp³-hybridized carbons (Fsp3) is 0.368.